The van der Waals surface area contributed by atoms with Crippen molar-refractivity contribution in [2.45, 2.75) is 58.6 Å². The van der Waals surface area contributed by atoms with Gasteiger partial charge in [0.05, 0.1) is 11.8 Å². The van der Waals surface area contributed by atoms with Crippen LogP contribution in [0, 0.1) is 0 Å². The number of para-hydroxylation sites is 2. The minimum absolute atomic E-state index is 0.127. The van der Waals surface area contributed by atoms with E-state index in [4.69, 9.17) is 4.74 Å². The highest BCUT2D eigenvalue weighted by Crippen LogP contribution is 2.30. The van der Waals surface area contributed by atoms with Crippen LogP contribution in [0.4, 0.5) is 17.3 Å². The quantitative estimate of drug-likeness (QED) is 0.820. The highest BCUT2D eigenvalue weighted by Gasteiger charge is 2.22. The molecule has 1 aromatic carbocycles. The Bertz CT molecular complexity index is 689. The van der Waals surface area contributed by atoms with Gasteiger partial charge in [-0.3, -0.25) is 0 Å². The van der Waals surface area contributed by atoms with Crippen molar-refractivity contribution in [1.29, 1.82) is 0 Å². The number of benzene rings is 1. The zero-order valence-electron chi connectivity index (χ0n) is 15.4. The maximum atomic E-state index is 5.88. The SMILES string of the molecule is CCC1CCCCN1c1cc(Nc2ccccc2OC(C)C)ncn1. The number of nitrogens with zero attached hydrogens (tertiary/aromatic N) is 3. The first-order chi connectivity index (χ1) is 12.2. The average molecular weight is 340 g/mol. The fourth-order valence-electron chi connectivity index (χ4n) is 3.36. The van der Waals surface area contributed by atoms with Crippen molar-refractivity contribution in [2.24, 2.45) is 0 Å². The van der Waals surface area contributed by atoms with Gasteiger partial charge >= 0.3 is 0 Å². The summed E-state index contributed by atoms with van der Waals surface area (Å²) in [5.41, 5.74) is 0.923. The molecule has 0 spiro atoms. The number of aromatic nitrogens is 2. The highest BCUT2D eigenvalue weighted by molar-refractivity contribution is 5.65. The minimum atomic E-state index is 0.127. The Morgan fingerprint density at radius 1 is 1.24 bits per heavy atom. The molecule has 0 aliphatic carbocycles. The van der Waals surface area contributed by atoms with E-state index < -0.39 is 0 Å². The molecule has 0 saturated carbocycles. The molecular formula is C20H28N4O. The van der Waals surface area contributed by atoms with Crippen LogP contribution in [0.2, 0.25) is 0 Å². The molecule has 0 bridgehead atoms. The van der Waals surface area contributed by atoms with Crippen LogP contribution in [0.25, 0.3) is 0 Å². The Hall–Kier alpha value is -2.30. The summed E-state index contributed by atoms with van der Waals surface area (Å²) >= 11 is 0. The summed E-state index contributed by atoms with van der Waals surface area (Å²) in [5, 5.41) is 3.39. The first-order valence-corrected chi connectivity index (χ1v) is 9.28. The number of hydrogen-bond acceptors (Lipinski definition) is 5. The van der Waals surface area contributed by atoms with E-state index in [1.54, 1.807) is 6.33 Å². The lowest BCUT2D eigenvalue weighted by atomic mass is 10.0. The van der Waals surface area contributed by atoms with E-state index in [9.17, 15) is 0 Å². The van der Waals surface area contributed by atoms with Gasteiger partial charge < -0.3 is 15.0 Å². The molecular weight excluding hydrogens is 312 g/mol. The highest BCUT2D eigenvalue weighted by atomic mass is 16.5. The Labute approximate surface area is 150 Å². The first kappa shape index (κ1) is 17.5. The number of ether oxygens (including phenoxy) is 1. The molecule has 5 nitrogen and oxygen atoms in total. The van der Waals surface area contributed by atoms with Crippen molar-refractivity contribution in [3.05, 3.63) is 36.7 Å². The summed E-state index contributed by atoms with van der Waals surface area (Å²) in [6, 6.07) is 10.6. The Balaban J connectivity index is 1.80. The second-order valence-electron chi connectivity index (χ2n) is 6.80. The monoisotopic (exact) mass is 340 g/mol. The van der Waals surface area contributed by atoms with Gasteiger partial charge in [-0.15, -0.1) is 0 Å². The molecule has 134 valence electrons. The number of hydrogen-bond donors (Lipinski definition) is 1. The predicted octanol–water partition coefficient (Wildman–Crippen LogP) is 4.78. The van der Waals surface area contributed by atoms with Gasteiger partial charge in [0.25, 0.3) is 0 Å². The molecule has 1 atom stereocenters. The normalized spacial score (nSPS) is 17.6. The third-order valence-corrected chi connectivity index (χ3v) is 4.56. The zero-order chi connectivity index (χ0) is 17.6. The largest absolute Gasteiger partial charge is 0.489 e. The van der Waals surface area contributed by atoms with E-state index in [0.717, 1.165) is 36.0 Å². The van der Waals surface area contributed by atoms with Gasteiger partial charge in [0.1, 0.15) is 23.7 Å². The van der Waals surface area contributed by atoms with E-state index in [1.165, 1.54) is 19.3 Å². The molecule has 1 unspecified atom stereocenters. The van der Waals surface area contributed by atoms with Crippen LogP contribution in [-0.2, 0) is 0 Å². The van der Waals surface area contributed by atoms with Gasteiger partial charge in [-0.25, -0.2) is 9.97 Å². The molecule has 3 rings (SSSR count). The van der Waals surface area contributed by atoms with E-state index in [1.807, 2.05) is 44.2 Å². The molecule has 2 heterocycles. The maximum Gasteiger partial charge on any atom is 0.143 e. The van der Waals surface area contributed by atoms with Crippen molar-refractivity contribution < 1.29 is 4.74 Å². The summed E-state index contributed by atoms with van der Waals surface area (Å²) in [6.45, 7) is 7.38. The smallest absolute Gasteiger partial charge is 0.143 e. The van der Waals surface area contributed by atoms with Crippen LogP contribution in [0.15, 0.2) is 36.7 Å². The third kappa shape index (κ3) is 4.41. The zero-order valence-corrected chi connectivity index (χ0v) is 15.4. The molecule has 1 fully saturated rings. The standard InChI is InChI=1S/C20H28N4O/c1-4-16-9-7-8-12-24(16)20-13-19(21-14-22-20)23-17-10-5-6-11-18(17)25-15(2)3/h5-6,10-11,13-16H,4,7-9,12H2,1-3H3,(H,21,22,23). The molecule has 0 radical (unpaired) electrons. The molecule has 1 aliphatic rings. The lowest BCUT2D eigenvalue weighted by Crippen LogP contribution is -2.39. The van der Waals surface area contributed by atoms with Crippen molar-refractivity contribution in [2.75, 3.05) is 16.8 Å². The summed E-state index contributed by atoms with van der Waals surface area (Å²) in [5.74, 6) is 2.64. The van der Waals surface area contributed by atoms with E-state index in [0.29, 0.717) is 6.04 Å². The lowest BCUT2D eigenvalue weighted by Gasteiger charge is -2.36. The van der Waals surface area contributed by atoms with Crippen molar-refractivity contribution in [3.8, 4) is 5.75 Å². The van der Waals surface area contributed by atoms with Crippen LogP contribution in [-0.4, -0.2) is 28.7 Å². The lowest BCUT2D eigenvalue weighted by molar-refractivity contribution is 0.244. The van der Waals surface area contributed by atoms with Crippen molar-refractivity contribution in [1.82, 2.24) is 9.97 Å². The number of piperidine rings is 1. The second-order valence-corrected chi connectivity index (χ2v) is 6.80. The number of nitrogens with one attached hydrogen (secondary N) is 1. The van der Waals surface area contributed by atoms with E-state index >= 15 is 0 Å². The molecule has 1 N–H and O–H groups in total. The van der Waals surface area contributed by atoms with Crippen LogP contribution in [0.5, 0.6) is 5.75 Å². The fourth-order valence-corrected chi connectivity index (χ4v) is 3.36. The summed E-state index contributed by atoms with van der Waals surface area (Å²) in [6.07, 6.45) is 6.71. The summed E-state index contributed by atoms with van der Waals surface area (Å²) in [4.78, 5) is 11.3. The van der Waals surface area contributed by atoms with Gasteiger partial charge in [0.15, 0.2) is 0 Å². The van der Waals surface area contributed by atoms with Crippen LogP contribution in [0.1, 0.15) is 46.5 Å². The Kier molecular flexibility index (Phi) is 5.74. The van der Waals surface area contributed by atoms with Crippen LogP contribution in [0.3, 0.4) is 0 Å². The van der Waals surface area contributed by atoms with E-state index in [-0.39, 0.29) is 6.10 Å². The topological polar surface area (TPSA) is 50.3 Å². The molecule has 1 saturated heterocycles. The van der Waals surface area contributed by atoms with Gasteiger partial charge in [-0.2, -0.15) is 0 Å². The fraction of sp³-hybridized carbons (Fsp3) is 0.500. The molecule has 25 heavy (non-hydrogen) atoms. The van der Waals surface area contributed by atoms with E-state index in [2.05, 4.69) is 27.1 Å². The molecule has 1 aliphatic heterocycles. The average Bonchev–Trinajstić information content (AvgIpc) is 2.63. The molecule has 5 heteroatoms. The maximum absolute atomic E-state index is 5.88. The predicted molar refractivity (Wildman–Crippen MR) is 103 cm³/mol. The Morgan fingerprint density at radius 2 is 2.08 bits per heavy atom. The number of anilines is 3. The summed E-state index contributed by atoms with van der Waals surface area (Å²) in [7, 11) is 0. The van der Waals surface area contributed by atoms with Crippen LogP contribution >= 0.6 is 0 Å². The molecule has 0 amide bonds. The first-order valence-electron chi connectivity index (χ1n) is 9.28. The minimum Gasteiger partial charge on any atom is -0.489 e. The molecule has 2 aromatic rings. The van der Waals surface area contributed by atoms with Gasteiger partial charge in [0, 0.05) is 18.7 Å². The van der Waals surface area contributed by atoms with Gasteiger partial charge in [-0.05, 0) is 51.7 Å². The number of rotatable bonds is 6. The second kappa shape index (κ2) is 8.19. The van der Waals surface area contributed by atoms with Crippen molar-refractivity contribution in [3.63, 3.8) is 0 Å². The summed E-state index contributed by atoms with van der Waals surface area (Å²) < 4.78 is 5.88. The Morgan fingerprint density at radius 3 is 2.88 bits per heavy atom. The molecule has 1 aromatic heterocycles. The third-order valence-electron chi connectivity index (χ3n) is 4.56. The van der Waals surface area contributed by atoms with Crippen LogP contribution < -0.4 is 15.0 Å². The van der Waals surface area contributed by atoms with Gasteiger partial charge in [-0.1, -0.05) is 19.1 Å². The van der Waals surface area contributed by atoms with Gasteiger partial charge in [0.2, 0.25) is 0 Å². The van der Waals surface area contributed by atoms with Crippen molar-refractivity contribution >= 4 is 17.3 Å².